The molecule has 110 valence electrons. The van der Waals surface area contributed by atoms with Gasteiger partial charge in [0.25, 0.3) is 5.91 Å². The van der Waals surface area contributed by atoms with Gasteiger partial charge in [-0.05, 0) is 37.3 Å². The van der Waals surface area contributed by atoms with E-state index in [0.717, 1.165) is 0 Å². The third-order valence-electron chi connectivity index (χ3n) is 2.91. The van der Waals surface area contributed by atoms with E-state index in [1.54, 1.807) is 55.1 Å². The van der Waals surface area contributed by atoms with Gasteiger partial charge in [-0.15, -0.1) is 0 Å². The molecule has 2 aromatic rings. The van der Waals surface area contributed by atoms with E-state index < -0.39 is 0 Å². The number of nitrogens with two attached hydrogens (primary N) is 1. The highest BCUT2D eigenvalue weighted by Crippen LogP contribution is 2.14. The van der Waals surface area contributed by atoms with Crippen molar-refractivity contribution in [2.24, 2.45) is 7.05 Å². The van der Waals surface area contributed by atoms with Crippen LogP contribution in [0.25, 0.3) is 0 Å². The fourth-order valence-corrected chi connectivity index (χ4v) is 1.92. The molecule has 0 fully saturated rings. The highest BCUT2D eigenvalue weighted by atomic mass is 16.5. The molecule has 2 rings (SSSR count). The molecule has 0 unspecified atom stereocenters. The topological polar surface area (TPSA) is 86.3 Å². The summed E-state index contributed by atoms with van der Waals surface area (Å²) in [6.07, 6.45) is 1.67. The van der Waals surface area contributed by atoms with Crippen LogP contribution in [0.2, 0.25) is 0 Å². The molecule has 0 aliphatic heterocycles. The van der Waals surface area contributed by atoms with E-state index in [-0.39, 0.29) is 11.9 Å². The van der Waals surface area contributed by atoms with Gasteiger partial charge in [0.05, 0.1) is 17.9 Å². The molecule has 6 nitrogen and oxygen atoms in total. The van der Waals surface area contributed by atoms with Crippen LogP contribution in [0, 0.1) is 0 Å². The van der Waals surface area contributed by atoms with Gasteiger partial charge in [0.15, 0.2) is 0 Å². The number of hydrogen-bond donors (Lipinski definition) is 2. The first-order valence-electron chi connectivity index (χ1n) is 6.51. The lowest BCUT2D eigenvalue weighted by Gasteiger charge is -2.07. The second-order valence-corrected chi connectivity index (χ2v) is 4.52. The number of nitrogen functional groups attached to an aromatic ring is 1. The van der Waals surface area contributed by atoms with Crippen LogP contribution < -0.4 is 11.1 Å². The van der Waals surface area contributed by atoms with Gasteiger partial charge in [0, 0.05) is 18.9 Å². The van der Waals surface area contributed by atoms with Crippen LogP contribution in [0.5, 0.6) is 0 Å². The summed E-state index contributed by atoms with van der Waals surface area (Å²) in [7, 11) is 1.75. The summed E-state index contributed by atoms with van der Waals surface area (Å²) in [5, 5.41) is 2.74. The highest BCUT2D eigenvalue weighted by molar-refractivity contribution is 6.04. The standard InChI is InChI=1S/C15H17N3O3/c1-3-21-15(20)10-4-6-12(7-5-10)17-14(19)13-8-11(16)9-18(13)2/h4-9H,3,16H2,1-2H3,(H,17,19). The third-order valence-corrected chi connectivity index (χ3v) is 2.91. The van der Waals surface area contributed by atoms with Gasteiger partial charge in [-0.3, -0.25) is 4.79 Å². The van der Waals surface area contributed by atoms with Crippen LogP contribution in [0.1, 0.15) is 27.8 Å². The van der Waals surface area contributed by atoms with Crippen molar-refractivity contribution < 1.29 is 14.3 Å². The molecule has 0 saturated carbocycles. The number of aromatic nitrogens is 1. The molecule has 0 spiro atoms. The van der Waals surface area contributed by atoms with Crippen LogP contribution in [-0.2, 0) is 11.8 Å². The maximum atomic E-state index is 12.1. The van der Waals surface area contributed by atoms with Gasteiger partial charge in [-0.1, -0.05) is 0 Å². The minimum atomic E-state index is -0.384. The van der Waals surface area contributed by atoms with Gasteiger partial charge >= 0.3 is 5.97 Å². The Kier molecular flexibility index (Phi) is 4.27. The number of esters is 1. The minimum Gasteiger partial charge on any atom is -0.462 e. The predicted molar refractivity (Wildman–Crippen MR) is 80.2 cm³/mol. The molecular weight excluding hydrogens is 270 g/mol. The summed E-state index contributed by atoms with van der Waals surface area (Å²) in [4.78, 5) is 23.6. The molecule has 21 heavy (non-hydrogen) atoms. The summed E-state index contributed by atoms with van der Waals surface area (Å²) in [5.74, 6) is -0.649. The van der Waals surface area contributed by atoms with Crippen molar-refractivity contribution in [3.63, 3.8) is 0 Å². The zero-order chi connectivity index (χ0) is 15.4. The Morgan fingerprint density at radius 1 is 1.29 bits per heavy atom. The predicted octanol–water partition coefficient (Wildman–Crippen LogP) is 2.04. The number of nitrogens with one attached hydrogen (secondary N) is 1. The molecule has 0 saturated heterocycles. The van der Waals surface area contributed by atoms with E-state index in [9.17, 15) is 9.59 Å². The number of hydrogen-bond acceptors (Lipinski definition) is 4. The zero-order valence-electron chi connectivity index (χ0n) is 11.9. The van der Waals surface area contributed by atoms with E-state index >= 15 is 0 Å². The zero-order valence-corrected chi connectivity index (χ0v) is 11.9. The van der Waals surface area contributed by atoms with Gasteiger partial charge in [0.1, 0.15) is 5.69 Å². The van der Waals surface area contributed by atoms with E-state index in [4.69, 9.17) is 10.5 Å². The lowest BCUT2D eigenvalue weighted by atomic mass is 10.2. The number of carbonyl (C=O) groups excluding carboxylic acids is 2. The fourth-order valence-electron chi connectivity index (χ4n) is 1.92. The second kappa shape index (κ2) is 6.13. The normalized spacial score (nSPS) is 10.2. The Balaban J connectivity index is 2.08. The average Bonchev–Trinajstić information content (AvgIpc) is 2.79. The fraction of sp³-hybridized carbons (Fsp3) is 0.200. The summed E-state index contributed by atoms with van der Waals surface area (Å²) >= 11 is 0. The average molecular weight is 287 g/mol. The van der Waals surface area contributed by atoms with E-state index in [1.807, 2.05) is 0 Å². The van der Waals surface area contributed by atoms with Crippen molar-refractivity contribution in [3.8, 4) is 0 Å². The van der Waals surface area contributed by atoms with E-state index in [2.05, 4.69) is 5.32 Å². The molecule has 6 heteroatoms. The summed E-state index contributed by atoms with van der Waals surface area (Å²) in [5.41, 5.74) is 7.66. The monoisotopic (exact) mass is 287 g/mol. The number of anilines is 2. The van der Waals surface area contributed by atoms with E-state index in [0.29, 0.717) is 29.2 Å². The van der Waals surface area contributed by atoms with Gasteiger partial charge in [0.2, 0.25) is 0 Å². The Bertz CT molecular complexity index is 659. The molecule has 0 bridgehead atoms. The number of rotatable bonds is 4. The summed E-state index contributed by atoms with van der Waals surface area (Å²) in [6.45, 7) is 2.07. The number of carbonyl (C=O) groups is 2. The Hall–Kier alpha value is -2.76. The molecule has 0 radical (unpaired) electrons. The van der Waals surface area contributed by atoms with Crippen LogP contribution in [-0.4, -0.2) is 23.1 Å². The van der Waals surface area contributed by atoms with Crippen molar-refractivity contribution in [1.29, 1.82) is 0 Å². The molecule has 3 N–H and O–H groups in total. The molecule has 1 aromatic carbocycles. The maximum absolute atomic E-state index is 12.1. The second-order valence-electron chi connectivity index (χ2n) is 4.52. The molecule has 0 aliphatic rings. The lowest BCUT2D eigenvalue weighted by molar-refractivity contribution is 0.0526. The van der Waals surface area contributed by atoms with Crippen molar-refractivity contribution in [2.45, 2.75) is 6.92 Å². The Morgan fingerprint density at radius 3 is 2.48 bits per heavy atom. The Morgan fingerprint density at radius 2 is 1.95 bits per heavy atom. The quantitative estimate of drug-likeness (QED) is 0.842. The third kappa shape index (κ3) is 3.42. The molecule has 1 aromatic heterocycles. The first-order chi connectivity index (χ1) is 10.0. The van der Waals surface area contributed by atoms with Crippen LogP contribution in [0.4, 0.5) is 11.4 Å². The van der Waals surface area contributed by atoms with Crippen molar-refractivity contribution >= 4 is 23.3 Å². The first-order valence-corrected chi connectivity index (χ1v) is 6.51. The van der Waals surface area contributed by atoms with Crippen molar-refractivity contribution in [2.75, 3.05) is 17.7 Å². The maximum Gasteiger partial charge on any atom is 0.338 e. The number of amides is 1. The first kappa shape index (κ1) is 14.6. The molecule has 1 amide bonds. The van der Waals surface area contributed by atoms with Gasteiger partial charge in [-0.2, -0.15) is 0 Å². The largest absolute Gasteiger partial charge is 0.462 e. The number of aryl methyl sites for hydroxylation is 1. The van der Waals surface area contributed by atoms with Crippen molar-refractivity contribution in [1.82, 2.24) is 4.57 Å². The number of ether oxygens (including phenoxy) is 1. The molecule has 0 aliphatic carbocycles. The molecular formula is C15H17N3O3. The smallest absolute Gasteiger partial charge is 0.338 e. The number of nitrogens with zero attached hydrogens (tertiary/aromatic N) is 1. The Labute approximate surface area is 122 Å². The lowest BCUT2D eigenvalue weighted by Crippen LogP contribution is -2.15. The van der Waals surface area contributed by atoms with Gasteiger partial charge < -0.3 is 20.4 Å². The summed E-state index contributed by atoms with van der Waals surface area (Å²) in [6, 6.07) is 8.11. The van der Waals surface area contributed by atoms with E-state index in [1.165, 1.54) is 0 Å². The van der Waals surface area contributed by atoms with Crippen molar-refractivity contribution in [3.05, 3.63) is 47.8 Å². The minimum absolute atomic E-state index is 0.266. The van der Waals surface area contributed by atoms with Crippen LogP contribution in [0.3, 0.4) is 0 Å². The summed E-state index contributed by atoms with van der Waals surface area (Å²) < 4.78 is 6.54. The van der Waals surface area contributed by atoms with Crippen LogP contribution in [0.15, 0.2) is 36.5 Å². The molecule has 0 atom stereocenters. The SMILES string of the molecule is CCOC(=O)c1ccc(NC(=O)c2cc(N)cn2C)cc1. The highest BCUT2D eigenvalue weighted by Gasteiger charge is 2.12. The number of benzene rings is 1. The molecule has 1 heterocycles. The van der Waals surface area contributed by atoms with Gasteiger partial charge in [-0.25, -0.2) is 4.79 Å². The van der Waals surface area contributed by atoms with Crippen LogP contribution >= 0.6 is 0 Å².